The summed E-state index contributed by atoms with van der Waals surface area (Å²) in [5, 5.41) is 17.9. The van der Waals surface area contributed by atoms with Gasteiger partial charge in [0.1, 0.15) is 0 Å². The van der Waals surface area contributed by atoms with Crippen molar-refractivity contribution in [3.8, 4) is 23.0 Å². The van der Waals surface area contributed by atoms with Crippen LogP contribution in [0.2, 0.25) is 0 Å². The molecule has 2 aliphatic rings. The Bertz CT molecular complexity index is 1810. The van der Waals surface area contributed by atoms with E-state index in [1.165, 1.54) is 28.4 Å². The van der Waals surface area contributed by atoms with E-state index in [0.29, 0.717) is 58.3 Å². The number of amides is 4. The molecule has 2 aliphatic heterocycles. The third-order valence-electron chi connectivity index (χ3n) is 9.04. The van der Waals surface area contributed by atoms with Gasteiger partial charge in [0, 0.05) is 24.2 Å². The van der Waals surface area contributed by atoms with E-state index in [4.69, 9.17) is 29.4 Å². The Morgan fingerprint density at radius 2 is 0.962 bits per heavy atom. The Kier molecular flexibility index (Phi) is 11.9. The Balaban J connectivity index is 0.000000201. The Morgan fingerprint density at radius 1 is 0.596 bits per heavy atom. The number of nitrogens with zero attached hydrogens (tertiary/aromatic N) is 2. The number of rotatable bonds is 12. The van der Waals surface area contributed by atoms with Crippen molar-refractivity contribution in [3.63, 3.8) is 0 Å². The van der Waals surface area contributed by atoms with Crippen molar-refractivity contribution < 1.29 is 48.5 Å². The number of hydroxylamine groups is 2. The van der Waals surface area contributed by atoms with Gasteiger partial charge in [-0.1, -0.05) is 48.5 Å². The van der Waals surface area contributed by atoms with Crippen molar-refractivity contribution in [1.82, 2.24) is 20.8 Å². The summed E-state index contributed by atoms with van der Waals surface area (Å²) in [5.41, 5.74) is 7.79. The Morgan fingerprint density at radius 3 is 1.29 bits per heavy atom. The second kappa shape index (κ2) is 16.7. The molecule has 6 rings (SSSR count). The zero-order valence-corrected chi connectivity index (χ0v) is 29.1. The third kappa shape index (κ3) is 7.77. The molecular weight excluding hydrogens is 672 g/mol. The molecule has 14 heteroatoms. The van der Waals surface area contributed by atoms with Crippen LogP contribution in [0, 0.1) is 0 Å². The lowest BCUT2D eigenvalue weighted by atomic mass is 10.0. The largest absolute Gasteiger partial charge is 0.493 e. The van der Waals surface area contributed by atoms with Gasteiger partial charge >= 0.3 is 0 Å². The molecule has 14 nitrogen and oxygen atoms in total. The van der Waals surface area contributed by atoms with Crippen LogP contribution in [-0.4, -0.2) is 72.3 Å². The molecule has 0 aliphatic carbocycles. The summed E-state index contributed by atoms with van der Waals surface area (Å²) in [6, 6.07) is 24.1. The molecule has 4 aromatic carbocycles. The first-order valence-corrected chi connectivity index (χ1v) is 16.2. The van der Waals surface area contributed by atoms with Crippen molar-refractivity contribution in [1.29, 1.82) is 0 Å². The third-order valence-corrected chi connectivity index (χ3v) is 9.04. The average molecular weight is 713 g/mol. The van der Waals surface area contributed by atoms with Crippen LogP contribution in [0.15, 0.2) is 84.9 Å². The predicted octanol–water partition coefficient (Wildman–Crippen LogP) is 4.59. The monoisotopic (exact) mass is 712 g/mol. The Labute approximate surface area is 300 Å². The SMILES string of the molecule is COc1ccc(C(CC(=O)NO)N2Cc3ccccc3C2=O)cc1OC.COc1ccc(C(CC(=O)NO)N2Cc3ccccc3C2=O)cc1OC. The van der Waals surface area contributed by atoms with E-state index in [0.717, 1.165) is 11.1 Å². The van der Waals surface area contributed by atoms with Gasteiger partial charge in [-0.3, -0.25) is 29.6 Å². The first kappa shape index (κ1) is 37.1. The maximum Gasteiger partial charge on any atom is 0.255 e. The molecule has 4 N–H and O–H groups in total. The van der Waals surface area contributed by atoms with E-state index >= 15 is 0 Å². The van der Waals surface area contributed by atoms with Crippen LogP contribution in [0.4, 0.5) is 0 Å². The van der Waals surface area contributed by atoms with E-state index in [-0.39, 0.29) is 24.7 Å². The van der Waals surface area contributed by atoms with Crippen LogP contribution >= 0.6 is 0 Å². The minimum Gasteiger partial charge on any atom is -0.493 e. The van der Waals surface area contributed by atoms with Gasteiger partial charge in [0.2, 0.25) is 11.8 Å². The topological polar surface area (TPSA) is 176 Å². The lowest BCUT2D eigenvalue weighted by Gasteiger charge is -2.28. The number of nitrogens with one attached hydrogen (secondary N) is 2. The quantitative estimate of drug-likeness (QED) is 0.120. The molecular formula is C38H40N4O10. The molecule has 0 spiro atoms. The number of methoxy groups -OCH3 is 4. The maximum absolute atomic E-state index is 12.8. The standard InChI is InChI=1S/2C19H20N2O5/c2*1-25-16-8-7-12(9-17(16)26-2)15(10-18(22)20-24)21-11-13-5-3-4-6-14(13)19(21)23/h2*3-9,15,24H,10-11H2,1-2H3,(H,20,22). The van der Waals surface area contributed by atoms with Gasteiger partial charge in [0.25, 0.3) is 11.8 Å². The highest BCUT2D eigenvalue weighted by atomic mass is 16.5. The first-order chi connectivity index (χ1) is 25.2. The zero-order valence-electron chi connectivity index (χ0n) is 29.1. The van der Waals surface area contributed by atoms with E-state index < -0.39 is 23.9 Å². The van der Waals surface area contributed by atoms with E-state index in [1.807, 2.05) is 36.4 Å². The zero-order chi connectivity index (χ0) is 37.4. The summed E-state index contributed by atoms with van der Waals surface area (Å²) < 4.78 is 21.2. The number of carbonyl (C=O) groups is 4. The second-order valence-electron chi connectivity index (χ2n) is 11.9. The molecule has 4 amide bonds. The summed E-state index contributed by atoms with van der Waals surface area (Å²) in [4.78, 5) is 52.6. The first-order valence-electron chi connectivity index (χ1n) is 16.2. The van der Waals surface area contributed by atoms with E-state index in [9.17, 15) is 19.2 Å². The minimum absolute atomic E-state index is 0.0777. The number of ether oxygens (including phenoxy) is 4. The minimum atomic E-state index is -0.575. The van der Waals surface area contributed by atoms with Gasteiger partial charge in [-0.25, -0.2) is 11.0 Å². The molecule has 2 unspecified atom stereocenters. The highest BCUT2D eigenvalue weighted by Gasteiger charge is 2.36. The smallest absolute Gasteiger partial charge is 0.255 e. The molecule has 4 aromatic rings. The molecule has 0 saturated carbocycles. The molecule has 272 valence electrons. The molecule has 0 aromatic heterocycles. The second-order valence-corrected chi connectivity index (χ2v) is 11.9. The summed E-state index contributed by atoms with van der Waals surface area (Å²) in [5.74, 6) is 0.668. The van der Waals surface area contributed by atoms with Gasteiger partial charge in [0.05, 0.1) is 53.4 Å². The molecule has 0 saturated heterocycles. The lowest BCUT2D eigenvalue weighted by molar-refractivity contribution is -0.131. The summed E-state index contributed by atoms with van der Waals surface area (Å²) in [6.45, 7) is 0.791. The van der Waals surface area contributed by atoms with Gasteiger partial charge < -0.3 is 28.7 Å². The highest BCUT2D eigenvalue weighted by molar-refractivity contribution is 5.99. The molecule has 52 heavy (non-hydrogen) atoms. The molecule has 2 atom stereocenters. The number of hydrogen-bond donors (Lipinski definition) is 4. The summed E-state index contributed by atoms with van der Waals surface area (Å²) >= 11 is 0. The number of hydrogen-bond acceptors (Lipinski definition) is 10. The van der Waals surface area contributed by atoms with Gasteiger partial charge in [-0.2, -0.15) is 0 Å². The predicted molar refractivity (Wildman–Crippen MR) is 186 cm³/mol. The van der Waals surface area contributed by atoms with E-state index in [2.05, 4.69) is 0 Å². The van der Waals surface area contributed by atoms with Crippen molar-refractivity contribution in [3.05, 3.63) is 118 Å². The number of benzene rings is 4. The fourth-order valence-corrected chi connectivity index (χ4v) is 6.44. The van der Waals surface area contributed by atoms with E-state index in [1.54, 1.807) is 69.3 Å². The van der Waals surface area contributed by atoms with Gasteiger partial charge in [0.15, 0.2) is 23.0 Å². The fourth-order valence-electron chi connectivity index (χ4n) is 6.44. The normalized spacial score (nSPS) is 14.0. The van der Waals surface area contributed by atoms with Gasteiger partial charge in [-0.15, -0.1) is 0 Å². The Hall–Kier alpha value is -6.12. The number of fused-ring (bicyclic) bond motifs is 2. The average Bonchev–Trinajstić information content (AvgIpc) is 3.70. The fraction of sp³-hybridized carbons (Fsp3) is 0.263. The molecule has 0 fully saturated rings. The summed E-state index contributed by atoms with van der Waals surface area (Å²) in [7, 11) is 6.12. The van der Waals surface area contributed by atoms with Gasteiger partial charge in [-0.05, 0) is 58.7 Å². The van der Waals surface area contributed by atoms with Crippen LogP contribution in [-0.2, 0) is 22.7 Å². The highest BCUT2D eigenvalue weighted by Crippen LogP contribution is 2.39. The maximum atomic E-state index is 12.8. The van der Waals surface area contributed by atoms with Crippen molar-refractivity contribution in [2.75, 3.05) is 28.4 Å². The van der Waals surface area contributed by atoms with Crippen molar-refractivity contribution in [2.45, 2.75) is 38.0 Å². The lowest BCUT2D eigenvalue weighted by Crippen LogP contribution is -2.33. The van der Waals surface area contributed by atoms with Crippen LogP contribution in [0.25, 0.3) is 0 Å². The molecule has 0 bridgehead atoms. The molecule has 2 heterocycles. The van der Waals surface area contributed by atoms with Crippen molar-refractivity contribution in [2.24, 2.45) is 0 Å². The van der Waals surface area contributed by atoms with Crippen LogP contribution in [0.3, 0.4) is 0 Å². The van der Waals surface area contributed by atoms with Crippen molar-refractivity contribution >= 4 is 23.6 Å². The van der Waals surface area contributed by atoms with Crippen LogP contribution in [0.1, 0.15) is 67.9 Å². The summed E-state index contributed by atoms with van der Waals surface area (Å²) in [6.07, 6.45) is -0.155. The van der Waals surface area contributed by atoms with Crippen LogP contribution in [0.5, 0.6) is 23.0 Å². The molecule has 0 radical (unpaired) electrons. The van der Waals surface area contributed by atoms with Crippen LogP contribution < -0.4 is 29.9 Å². The number of carbonyl (C=O) groups excluding carboxylic acids is 4.